The molecule has 37 heavy (non-hydrogen) atoms. The Kier molecular flexibility index (Phi) is 6.59. The number of ether oxygens (including phenoxy) is 1. The van der Waals surface area contributed by atoms with Gasteiger partial charge in [-0.05, 0) is 55.1 Å². The van der Waals surface area contributed by atoms with Crippen LogP contribution >= 0.6 is 11.8 Å². The summed E-state index contributed by atoms with van der Waals surface area (Å²) in [4.78, 5) is 30.9. The van der Waals surface area contributed by atoms with Crippen LogP contribution in [0.3, 0.4) is 0 Å². The number of esters is 1. The van der Waals surface area contributed by atoms with E-state index in [-0.39, 0.29) is 45.4 Å². The van der Waals surface area contributed by atoms with Crippen LogP contribution in [0.1, 0.15) is 59.8 Å². The first-order valence-electron chi connectivity index (χ1n) is 13.2. The molecule has 6 nitrogen and oxygen atoms in total. The lowest BCUT2D eigenvalue weighted by Crippen LogP contribution is -2.63. The molecule has 2 bridgehead atoms. The van der Waals surface area contributed by atoms with E-state index in [4.69, 9.17) is 9.15 Å². The topological polar surface area (TPSA) is 89.6 Å². The lowest BCUT2D eigenvalue weighted by molar-refractivity contribution is -0.205. The summed E-state index contributed by atoms with van der Waals surface area (Å²) in [5, 5.41) is 11.8. The highest BCUT2D eigenvalue weighted by atomic mass is 32.2. The van der Waals surface area contributed by atoms with E-state index in [2.05, 4.69) is 32.3 Å². The molecule has 2 aromatic rings. The van der Waals surface area contributed by atoms with Crippen molar-refractivity contribution in [3.63, 3.8) is 0 Å². The van der Waals surface area contributed by atoms with Gasteiger partial charge in [0.15, 0.2) is 11.4 Å². The van der Waals surface area contributed by atoms with Crippen LogP contribution in [0.5, 0.6) is 0 Å². The number of hydrogen-bond donors (Lipinski definition) is 1. The van der Waals surface area contributed by atoms with Crippen molar-refractivity contribution in [2.45, 2.75) is 77.2 Å². The van der Waals surface area contributed by atoms with Gasteiger partial charge in [0.1, 0.15) is 23.2 Å². The van der Waals surface area contributed by atoms with E-state index < -0.39 is 34.8 Å². The Balaban J connectivity index is 1.45. The maximum atomic E-state index is 14.0. The number of hydrogen-bond acceptors (Lipinski definition) is 7. The van der Waals surface area contributed by atoms with Crippen molar-refractivity contribution in [1.29, 1.82) is 0 Å². The van der Waals surface area contributed by atoms with E-state index >= 15 is 0 Å². The lowest BCUT2D eigenvalue weighted by atomic mass is 9.44. The Morgan fingerprint density at radius 3 is 2.81 bits per heavy atom. The fourth-order valence-electron chi connectivity index (χ4n) is 7.77. The third kappa shape index (κ3) is 3.97. The summed E-state index contributed by atoms with van der Waals surface area (Å²) in [6, 6.07) is 4.48. The lowest BCUT2D eigenvalue weighted by Gasteiger charge is -2.61. The van der Waals surface area contributed by atoms with E-state index in [0.29, 0.717) is 18.4 Å². The zero-order chi connectivity index (χ0) is 26.8. The zero-order valence-corrected chi connectivity index (χ0v) is 22.8. The first-order chi connectivity index (χ1) is 17.5. The molecular weight excluding hydrogens is 493 g/mol. The summed E-state index contributed by atoms with van der Waals surface area (Å²) < 4.78 is 25.8. The van der Waals surface area contributed by atoms with Gasteiger partial charge in [0, 0.05) is 23.2 Å². The minimum absolute atomic E-state index is 0.0665. The quantitative estimate of drug-likeness (QED) is 0.290. The highest BCUT2D eigenvalue weighted by Crippen LogP contribution is 2.68. The van der Waals surface area contributed by atoms with E-state index in [1.54, 1.807) is 18.2 Å². The van der Waals surface area contributed by atoms with Crippen molar-refractivity contribution in [3.8, 4) is 0 Å². The molecule has 1 aromatic heterocycles. The van der Waals surface area contributed by atoms with Crippen LogP contribution < -0.4 is 0 Å². The number of benzene rings is 1. The molecule has 1 aromatic carbocycles. The van der Waals surface area contributed by atoms with Gasteiger partial charge < -0.3 is 14.3 Å². The van der Waals surface area contributed by atoms with Gasteiger partial charge in [0.05, 0.1) is 6.10 Å². The number of carbonyl (C=O) groups excluding carboxylic acids is 2. The number of ketones is 1. The normalized spacial score (nSPS) is 39.6. The number of aliphatic hydroxyl groups is 1. The molecule has 1 heterocycles. The highest BCUT2D eigenvalue weighted by molar-refractivity contribution is 7.99. The standard InChI is InChI=1S/C29H36FNO5S/c1-6-27(4)14-21(36-22(33)15-37-26-31-23-18(30)8-7-9-20(23)35-26)28(5)16(2)10-12-29(17(3)25(27)34)13-11-19(32)24(28)29/h6-9,16-17,21,24-25,34H,1,10-15H2,2-5H3/t16-,17+,21-,24+,25+,27-,28+,29+/m1/s1. The number of para-hydroxylation sites is 1. The van der Waals surface area contributed by atoms with Crippen LogP contribution in [-0.2, 0) is 14.3 Å². The number of carbonyl (C=O) groups is 2. The monoisotopic (exact) mass is 529 g/mol. The van der Waals surface area contributed by atoms with Gasteiger partial charge in [-0.2, -0.15) is 0 Å². The molecule has 3 saturated carbocycles. The molecular formula is C29H36FNO5S. The number of rotatable bonds is 5. The van der Waals surface area contributed by atoms with Crippen molar-refractivity contribution in [2.24, 2.45) is 34.0 Å². The number of halogens is 1. The molecule has 0 radical (unpaired) electrons. The van der Waals surface area contributed by atoms with E-state index in [1.165, 1.54) is 6.07 Å². The second kappa shape index (κ2) is 9.23. The van der Waals surface area contributed by atoms with Gasteiger partial charge in [-0.1, -0.05) is 51.6 Å². The van der Waals surface area contributed by atoms with Crippen LogP contribution in [-0.4, -0.2) is 39.8 Å². The largest absolute Gasteiger partial charge is 0.461 e. The third-order valence-corrected chi connectivity index (χ3v) is 11.0. The third-order valence-electron chi connectivity index (χ3n) is 10.2. The van der Waals surface area contributed by atoms with Crippen LogP contribution in [0.4, 0.5) is 4.39 Å². The summed E-state index contributed by atoms with van der Waals surface area (Å²) in [5.41, 5.74) is -1.12. The number of thioether (sulfide) groups is 1. The zero-order valence-electron chi connectivity index (χ0n) is 22.0. The van der Waals surface area contributed by atoms with Gasteiger partial charge in [0.25, 0.3) is 5.22 Å². The first kappa shape index (κ1) is 26.4. The molecule has 3 aliphatic rings. The number of aromatic nitrogens is 1. The van der Waals surface area contributed by atoms with Crippen LogP contribution in [0.25, 0.3) is 11.1 Å². The Labute approximate surface area is 221 Å². The number of oxazole rings is 1. The molecule has 200 valence electrons. The van der Waals surface area contributed by atoms with Crippen LogP contribution in [0, 0.1) is 39.8 Å². The van der Waals surface area contributed by atoms with Crippen molar-refractivity contribution < 1.29 is 28.2 Å². The smallest absolute Gasteiger partial charge is 0.316 e. The SMILES string of the molecule is C=C[C@]1(C)C[C@@H](OC(=O)CSc2nc3c(F)cccc3o2)[C@]2(C)[C@H](C)CC[C@]3(CCC(=O)[C@H]32)[C@@H](C)[C@@H]1O. The Bertz CT molecular complexity index is 1250. The van der Waals surface area contributed by atoms with E-state index in [9.17, 15) is 19.1 Å². The summed E-state index contributed by atoms with van der Waals surface area (Å²) in [7, 11) is 0. The average Bonchev–Trinajstić information content (AvgIpc) is 3.46. The molecule has 8 heteroatoms. The second-order valence-electron chi connectivity index (χ2n) is 11.9. The molecule has 0 saturated heterocycles. The Morgan fingerprint density at radius 1 is 1.35 bits per heavy atom. The second-order valence-corrected chi connectivity index (χ2v) is 12.8. The van der Waals surface area contributed by atoms with Crippen LogP contribution in [0.2, 0.25) is 0 Å². The van der Waals surface area contributed by atoms with Crippen molar-refractivity contribution in [2.75, 3.05) is 5.75 Å². The summed E-state index contributed by atoms with van der Waals surface area (Å²) >= 11 is 1.05. The summed E-state index contributed by atoms with van der Waals surface area (Å²) in [6.45, 7) is 12.4. The van der Waals surface area contributed by atoms with E-state index in [0.717, 1.165) is 31.0 Å². The molecule has 0 spiro atoms. The predicted molar refractivity (Wildman–Crippen MR) is 139 cm³/mol. The maximum absolute atomic E-state index is 14.0. The Hall–Kier alpha value is -2.19. The minimum Gasteiger partial charge on any atom is -0.461 e. The number of aliphatic hydroxyl groups excluding tert-OH is 1. The molecule has 0 aliphatic heterocycles. The van der Waals surface area contributed by atoms with Gasteiger partial charge >= 0.3 is 5.97 Å². The molecule has 5 rings (SSSR count). The Morgan fingerprint density at radius 2 is 2.11 bits per heavy atom. The molecule has 1 N–H and O–H groups in total. The molecule has 0 unspecified atom stereocenters. The first-order valence-corrected chi connectivity index (χ1v) is 14.2. The van der Waals surface area contributed by atoms with Crippen molar-refractivity contribution in [1.82, 2.24) is 4.98 Å². The van der Waals surface area contributed by atoms with E-state index in [1.807, 2.05) is 6.92 Å². The van der Waals surface area contributed by atoms with Gasteiger partial charge in [-0.15, -0.1) is 6.58 Å². The fourth-order valence-corrected chi connectivity index (χ4v) is 8.38. The summed E-state index contributed by atoms with van der Waals surface area (Å²) in [5.74, 6) is -0.969. The molecule has 3 fully saturated rings. The van der Waals surface area contributed by atoms with Crippen molar-refractivity contribution >= 4 is 34.6 Å². The summed E-state index contributed by atoms with van der Waals surface area (Å²) in [6.07, 6.45) is 3.95. The number of nitrogens with zero attached hydrogens (tertiary/aromatic N) is 1. The average molecular weight is 530 g/mol. The predicted octanol–water partition coefficient (Wildman–Crippen LogP) is 5.97. The van der Waals surface area contributed by atoms with Gasteiger partial charge in [-0.3, -0.25) is 9.59 Å². The fraction of sp³-hybridized carbons (Fsp3) is 0.621. The van der Waals surface area contributed by atoms with Crippen LogP contribution in [0.15, 0.2) is 40.5 Å². The molecule has 8 atom stereocenters. The van der Waals surface area contributed by atoms with Crippen molar-refractivity contribution in [3.05, 3.63) is 36.7 Å². The molecule has 3 aliphatic carbocycles. The highest BCUT2D eigenvalue weighted by Gasteiger charge is 2.68. The number of Topliss-reactive ketones (excluding diaryl/α,β-unsaturated/α-hetero) is 1. The minimum atomic E-state index is -0.707. The number of fused-ring (bicyclic) bond motifs is 1. The van der Waals surface area contributed by atoms with Gasteiger partial charge in [0.2, 0.25) is 0 Å². The van der Waals surface area contributed by atoms with Gasteiger partial charge in [-0.25, -0.2) is 9.37 Å². The molecule has 0 amide bonds. The maximum Gasteiger partial charge on any atom is 0.316 e.